The number of hydrogen-bond donors (Lipinski definition) is 2. The molecule has 0 aliphatic heterocycles. The number of H-pyrrole nitrogens is 1. The zero-order valence-electron chi connectivity index (χ0n) is 11.5. The largest absolute Gasteiger partial charge is 0.461 e. The monoisotopic (exact) mass is 289 g/mol. The number of carbonyl (C=O) groups is 1. The van der Waals surface area contributed by atoms with Crippen LogP contribution < -0.4 is 5.32 Å². The first kappa shape index (κ1) is 14.6. The van der Waals surface area contributed by atoms with E-state index in [9.17, 15) is 14.9 Å². The lowest BCUT2D eigenvalue weighted by atomic mass is 10.1. The summed E-state index contributed by atoms with van der Waals surface area (Å²) in [4.78, 5) is 24.2. The van der Waals surface area contributed by atoms with Crippen molar-refractivity contribution in [2.24, 2.45) is 0 Å². The molecular formula is C14H15N3O4. The second-order valence-electron chi connectivity index (χ2n) is 4.34. The summed E-state index contributed by atoms with van der Waals surface area (Å²) in [5.41, 5.74) is 1.53. The van der Waals surface area contributed by atoms with Gasteiger partial charge in [-0.05, 0) is 18.1 Å². The fourth-order valence-corrected chi connectivity index (χ4v) is 2.00. The molecule has 0 aliphatic carbocycles. The second kappa shape index (κ2) is 6.56. The number of nitro groups is 1. The zero-order chi connectivity index (χ0) is 15.2. The van der Waals surface area contributed by atoms with Crippen molar-refractivity contribution in [2.75, 3.05) is 13.7 Å². The maximum Gasteiger partial charge on any atom is 0.411 e. The van der Waals surface area contributed by atoms with Crippen LogP contribution in [-0.2, 0) is 16.0 Å². The SMILES string of the molecule is COC(=O)C(=CNCCc1c[nH]c2ccccc12)[N+](=O)[O-]. The van der Waals surface area contributed by atoms with Crippen molar-refractivity contribution in [1.82, 2.24) is 10.3 Å². The number of hydrogen-bond acceptors (Lipinski definition) is 5. The molecule has 7 nitrogen and oxygen atoms in total. The van der Waals surface area contributed by atoms with E-state index in [2.05, 4.69) is 15.0 Å². The topological polar surface area (TPSA) is 97.3 Å². The molecule has 0 atom stereocenters. The van der Waals surface area contributed by atoms with E-state index in [-0.39, 0.29) is 0 Å². The van der Waals surface area contributed by atoms with Crippen LogP contribution in [0.25, 0.3) is 10.9 Å². The molecule has 0 saturated carbocycles. The molecule has 0 radical (unpaired) electrons. The van der Waals surface area contributed by atoms with E-state index in [1.165, 1.54) is 0 Å². The first-order valence-electron chi connectivity index (χ1n) is 6.34. The van der Waals surface area contributed by atoms with E-state index >= 15 is 0 Å². The van der Waals surface area contributed by atoms with Gasteiger partial charge < -0.3 is 15.0 Å². The van der Waals surface area contributed by atoms with E-state index in [4.69, 9.17) is 0 Å². The number of nitrogens with one attached hydrogen (secondary N) is 2. The number of benzene rings is 1. The minimum atomic E-state index is -0.973. The third-order valence-corrected chi connectivity index (χ3v) is 3.04. The molecule has 0 saturated heterocycles. The van der Waals surface area contributed by atoms with Gasteiger partial charge in [0.15, 0.2) is 0 Å². The van der Waals surface area contributed by atoms with Gasteiger partial charge >= 0.3 is 11.7 Å². The van der Waals surface area contributed by atoms with Gasteiger partial charge in [0.2, 0.25) is 0 Å². The minimum Gasteiger partial charge on any atom is -0.461 e. The fraction of sp³-hybridized carbons (Fsp3) is 0.214. The van der Waals surface area contributed by atoms with Crippen molar-refractivity contribution >= 4 is 16.9 Å². The Bertz CT molecular complexity index is 690. The lowest BCUT2D eigenvalue weighted by Crippen LogP contribution is -2.18. The number of fused-ring (bicyclic) bond motifs is 1. The molecule has 0 unspecified atom stereocenters. The molecule has 0 spiro atoms. The lowest BCUT2D eigenvalue weighted by Gasteiger charge is -2.01. The van der Waals surface area contributed by atoms with Crippen LogP contribution in [0.1, 0.15) is 5.56 Å². The molecule has 0 amide bonds. The zero-order valence-corrected chi connectivity index (χ0v) is 11.5. The van der Waals surface area contributed by atoms with Crippen molar-refractivity contribution in [3.8, 4) is 0 Å². The van der Waals surface area contributed by atoms with E-state index in [0.717, 1.165) is 29.8 Å². The Morgan fingerprint density at radius 3 is 2.95 bits per heavy atom. The van der Waals surface area contributed by atoms with Gasteiger partial charge in [-0.25, -0.2) is 4.79 Å². The molecule has 0 bridgehead atoms. The molecule has 7 heteroatoms. The summed E-state index contributed by atoms with van der Waals surface area (Å²) in [5.74, 6) is -0.973. The van der Waals surface area contributed by atoms with Crippen LogP contribution in [0.2, 0.25) is 0 Å². The van der Waals surface area contributed by atoms with E-state index in [0.29, 0.717) is 13.0 Å². The maximum absolute atomic E-state index is 11.2. The average Bonchev–Trinajstić information content (AvgIpc) is 2.89. The Balaban J connectivity index is 1.98. The van der Waals surface area contributed by atoms with Gasteiger partial charge in [0.1, 0.15) is 0 Å². The lowest BCUT2D eigenvalue weighted by molar-refractivity contribution is -0.421. The highest BCUT2D eigenvalue weighted by Gasteiger charge is 2.22. The summed E-state index contributed by atoms with van der Waals surface area (Å²) in [5, 5.41) is 14.6. The molecule has 110 valence electrons. The quantitative estimate of drug-likeness (QED) is 0.277. The molecule has 2 N–H and O–H groups in total. The van der Waals surface area contributed by atoms with Gasteiger partial charge in [-0.1, -0.05) is 18.2 Å². The minimum absolute atomic E-state index is 0.468. The van der Waals surface area contributed by atoms with Crippen LogP contribution >= 0.6 is 0 Å². The highest BCUT2D eigenvalue weighted by Crippen LogP contribution is 2.17. The summed E-state index contributed by atoms with van der Waals surface area (Å²) in [6.07, 6.45) is 3.65. The number of carbonyl (C=O) groups excluding carboxylic acids is 1. The number of esters is 1. The number of rotatable bonds is 6. The molecule has 0 fully saturated rings. The third-order valence-electron chi connectivity index (χ3n) is 3.04. The number of aromatic nitrogens is 1. The van der Waals surface area contributed by atoms with Crippen LogP contribution in [0, 0.1) is 10.1 Å². The Hall–Kier alpha value is -2.83. The fourth-order valence-electron chi connectivity index (χ4n) is 2.00. The molecular weight excluding hydrogens is 274 g/mol. The van der Waals surface area contributed by atoms with Crippen LogP contribution in [0.5, 0.6) is 0 Å². The van der Waals surface area contributed by atoms with Gasteiger partial charge in [-0.3, -0.25) is 10.1 Å². The molecule has 2 aromatic rings. The number of nitrogens with zero attached hydrogens (tertiary/aromatic N) is 1. The Kier molecular flexibility index (Phi) is 4.55. The van der Waals surface area contributed by atoms with Crippen molar-refractivity contribution in [2.45, 2.75) is 6.42 Å². The summed E-state index contributed by atoms with van der Waals surface area (Å²) in [6, 6.07) is 7.89. The van der Waals surface area contributed by atoms with Crippen molar-refractivity contribution in [3.63, 3.8) is 0 Å². The van der Waals surface area contributed by atoms with Gasteiger partial charge in [-0.2, -0.15) is 0 Å². The van der Waals surface area contributed by atoms with Crippen LogP contribution in [-0.4, -0.2) is 29.5 Å². The standard InChI is InChI=1S/C14H15N3O4/c1-21-14(18)13(17(19)20)9-15-7-6-10-8-16-12-5-3-2-4-11(10)12/h2-5,8-9,15-16H,6-7H2,1H3. The molecule has 2 rings (SSSR count). The highest BCUT2D eigenvalue weighted by atomic mass is 16.6. The van der Waals surface area contributed by atoms with E-state index < -0.39 is 16.6 Å². The number of aromatic amines is 1. The molecule has 21 heavy (non-hydrogen) atoms. The third kappa shape index (κ3) is 3.38. The summed E-state index contributed by atoms with van der Waals surface area (Å²) < 4.78 is 4.34. The van der Waals surface area contributed by atoms with Gasteiger partial charge in [0.05, 0.1) is 18.2 Å². The van der Waals surface area contributed by atoms with Gasteiger partial charge in [0, 0.05) is 23.6 Å². The predicted octanol–water partition coefficient (Wildman–Crippen LogP) is 1.59. The normalized spacial score (nSPS) is 11.4. The Labute approximate surface area is 120 Å². The molecule has 0 aliphatic rings. The molecule has 1 heterocycles. The summed E-state index contributed by atoms with van der Waals surface area (Å²) in [7, 11) is 1.10. The Morgan fingerprint density at radius 1 is 1.48 bits per heavy atom. The maximum atomic E-state index is 11.2. The second-order valence-corrected chi connectivity index (χ2v) is 4.34. The first-order chi connectivity index (χ1) is 10.1. The number of para-hydroxylation sites is 1. The number of ether oxygens (including phenoxy) is 1. The van der Waals surface area contributed by atoms with Crippen molar-refractivity contribution in [3.05, 3.63) is 58.0 Å². The number of methoxy groups -OCH3 is 1. The summed E-state index contributed by atoms with van der Waals surface area (Å²) in [6.45, 7) is 0.468. The van der Waals surface area contributed by atoms with E-state index in [1.54, 1.807) is 0 Å². The van der Waals surface area contributed by atoms with Crippen LogP contribution in [0.3, 0.4) is 0 Å². The smallest absolute Gasteiger partial charge is 0.411 e. The van der Waals surface area contributed by atoms with Crippen LogP contribution in [0.15, 0.2) is 42.4 Å². The van der Waals surface area contributed by atoms with Crippen molar-refractivity contribution < 1.29 is 14.5 Å². The van der Waals surface area contributed by atoms with Gasteiger partial charge in [0.25, 0.3) is 0 Å². The van der Waals surface area contributed by atoms with Gasteiger partial charge in [-0.15, -0.1) is 0 Å². The molecule has 1 aromatic carbocycles. The first-order valence-corrected chi connectivity index (χ1v) is 6.34. The predicted molar refractivity (Wildman–Crippen MR) is 77.1 cm³/mol. The Morgan fingerprint density at radius 2 is 2.24 bits per heavy atom. The van der Waals surface area contributed by atoms with Crippen LogP contribution in [0.4, 0.5) is 0 Å². The van der Waals surface area contributed by atoms with Crippen molar-refractivity contribution in [1.29, 1.82) is 0 Å². The molecule has 1 aromatic heterocycles. The average molecular weight is 289 g/mol. The highest BCUT2D eigenvalue weighted by molar-refractivity contribution is 5.85. The summed E-state index contributed by atoms with van der Waals surface area (Å²) >= 11 is 0. The van der Waals surface area contributed by atoms with E-state index in [1.807, 2.05) is 30.5 Å².